The summed E-state index contributed by atoms with van der Waals surface area (Å²) in [6.07, 6.45) is 4.75. The first kappa shape index (κ1) is 18.2. The molecule has 0 radical (unpaired) electrons. The SMILES string of the molecule is CN=C(NCc1cccs1)NCc1nnc2n1CCCCC2.I. The van der Waals surface area contributed by atoms with E-state index in [9.17, 15) is 0 Å². The van der Waals surface area contributed by atoms with Gasteiger partial charge in [-0.15, -0.1) is 45.5 Å². The Morgan fingerprint density at radius 1 is 1.26 bits per heavy atom. The molecule has 0 amide bonds. The normalized spacial score (nSPS) is 14.6. The monoisotopic (exact) mass is 446 g/mol. The van der Waals surface area contributed by atoms with Crippen LogP contribution >= 0.6 is 35.3 Å². The van der Waals surface area contributed by atoms with Gasteiger partial charge in [0, 0.05) is 24.9 Å². The van der Waals surface area contributed by atoms with Crippen LogP contribution in [0.3, 0.4) is 0 Å². The van der Waals surface area contributed by atoms with E-state index in [1.54, 1.807) is 18.4 Å². The number of halogens is 1. The van der Waals surface area contributed by atoms with E-state index in [-0.39, 0.29) is 24.0 Å². The molecule has 0 spiro atoms. The lowest BCUT2D eigenvalue weighted by molar-refractivity contribution is 0.596. The van der Waals surface area contributed by atoms with E-state index in [2.05, 4.69) is 47.9 Å². The quantitative estimate of drug-likeness (QED) is 0.431. The van der Waals surface area contributed by atoms with E-state index in [1.165, 1.54) is 24.1 Å². The average molecular weight is 446 g/mol. The Morgan fingerprint density at radius 2 is 2.13 bits per heavy atom. The third kappa shape index (κ3) is 4.90. The van der Waals surface area contributed by atoms with Gasteiger partial charge in [0.1, 0.15) is 5.82 Å². The highest BCUT2D eigenvalue weighted by Gasteiger charge is 2.14. The lowest BCUT2D eigenvalue weighted by Crippen LogP contribution is -2.36. The predicted molar refractivity (Wildman–Crippen MR) is 104 cm³/mol. The summed E-state index contributed by atoms with van der Waals surface area (Å²) < 4.78 is 2.26. The summed E-state index contributed by atoms with van der Waals surface area (Å²) in [4.78, 5) is 5.55. The number of aromatic nitrogens is 3. The molecular formula is C15H23IN6S. The van der Waals surface area contributed by atoms with Crippen LogP contribution in [0, 0.1) is 0 Å². The Morgan fingerprint density at radius 3 is 2.91 bits per heavy atom. The van der Waals surface area contributed by atoms with Crippen LogP contribution in [0.4, 0.5) is 0 Å². The summed E-state index contributed by atoms with van der Waals surface area (Å²) in [5.74, 6) is 2.91. The zero-order valence-electron chi connectivity index (χ0n) is 13.3. The van der Waals surface area contributed by atoms with E-state index in [4.69, 9.17) is 0 Å². The van der Waals surface area contributed by atoms with Crippen LogP contribution in [-0.4, -0.2) is 27.8 Å². The van der Waals surface area contributed by atoms with Gasteiger partial charge in [0.05, 0.1) is 13.1 Å². The van der Waals surface area contributed by atoms with Crippen LogP contribution < -0.4 is 10.6 Å². The zero-order valence-corrected chi connectivity index (χ0v) is 16.4. The largest absolute Gasteiger partial charge is 0.352 e. The molecule has 0 bridgehead atoms. The number of thiophene rings is 1. The number of fused-ring (bicyclic) bond motifs is 1. The molecule has 6 nitrogen and oxygen atoms in total. The number of guanidine groups is 1. The summed E-state index contributed by atoms with van der Waals surface area (Å²) >= 11 is 1.74. The van der Waals surface area contributed by atoms with Crippen LogP contribution in [-0.2, 0) is 26.1 Å². The lowest BCUT2D eigenvalue weighted by Gasteiger charge is -2.12. The summed E-state index contributed by atoms with van der Waals surface area (Å²) in [6.45, 7) is 2.47. The van der Waals surface area contributed by atoms with Gasteiger partial charge in [-0.2, -0.15) is 0 Å². The van der Waals surface area contributed by atoms with Crippen molar-refractivity contribution in [3.05, 3.63) is 34.0 Å². The number of hydrogen-bond acceptors (Lipinski definition) is 4. The highest BCUT2D eigenvalue weighted by molar-refractivity contribution is 14.0. The van der Waals surface area contributed by atoms with Gasteiger partial charge in [-0.25, -0.2) is 0 Å². The van der Waals surface area contributed by atoms with Crippen molar-refractivity contribution < 1.29 is 0 Å². The van der Waals surface area contributed by atoms with Gasteiger partial charge >= 0.3 is 0 Å². The van der Waals surface area contributed by atoms with Crippen molar-refractivity contribution in [2.24, 2.45) is 4.99 Å². The molecule has 0 atom stereocenters. The number of rotatable bonds is 4. The highest BCUT2D eigenvalue weighted by Crippen LogP contribution is 2.14. The molecule has 1 aliphatic heterocycles. The summed E-state index contributed by atoms with van der Waals surface area (Å²) in [7, 11) is 1.79. The fourth-order valence-electron chi connectivity index (χ4n) is 2.64. The Kier molecular flexibility index (Phi) is 7.28. The van der Waals surface area contributed by atoms with Gasteiger partial charge in [-0.05, 0) is 24.3 Å². The van der Waals surface area contributed by atoms with Gasteiger partial charge in [0.25, 0.3) is 0 Å². The number of aliphatic imine (C=N–C) groups is 1. The molecule has 8 heteroatoms. The smallest absolute Gasteiger partial charge is 0.191 e. The second-order valence-electron chi connectivity index (χ2n) is 5.35. The van der Waals surface area contributed by atoms with Gasteiger partial charge in [0.2, 0.25) is 0 Å². The third-order valence-corrected chi connectivity index (χ3v) is 4.71. The Labute approximate surface area is 157 Å². The van der Waals surface area contributed by atoms with Crippen molar-refractivity contribution in [3.8, 4) is 0 Å². The van der Waals surface area contributed by atoms with Crippen LogP contribution in [0.25, 0.3) is 0 Å². The molecule has 3 rings (SSSR count). The van der Waals surface area contributed by atoms with Crippen molar-refractivity contribution in [2.45, 2.75) is 45.3 Å². The molecule has 0 saturated heterocycles. The second-order valence-corrected chi connectivity index (χ2v) is 6.39. The minimum absolute atomic E-state index is 0. The average Bonchev–Trinajstić information content (AvgIpc) is 3.13. The van der Waals surface area contributed by atoms with Crippen molar-refractivity contribution in [1.82, 2.24) is 25.4 Å². The van der Waals surface area contributed by atoms with Gasteiger partial charge < -0.3 is 15.2 Å². The molecular weight excluding hydrogens is 423 g/mol. The van der Waals surface area contributed by atoms with Crippen LogP contribution in [0.5, 0.6) is 0 Å². The molecule has 0 saturated carbocycles. The van der Waals surface area contributed by atoms with Crippen molar-refractivity contribution in [2.75, 3.05) is 7.05 Å². The van der Waals surface area contributed by atoms with E-state index < -0.39 is 0 Å². The number of nitrogens with one attached hydrogen (secondary N) is 2. The molecule has 23 heavy (non-hydrogen) atoms. The van der Waals surface area contributed by atoms with Gasteiger partial charge in [-0.3, -0.25) is 4.99 Å². The van der Waals surface area contributed by atoms with Crippen LogP contribution in [0.2, 0.25) is 0 Å². The van der Waals surface area contributed by atoms with E-state index in [0.717, 1.165) is 37.1 Å². The number of nitrogens with zero attached hydrogens (tertiary/aromatic N) is 4. The fourth-order valence-corrected chi connectivity index (χ4v) is 3.29. The van der Waals surface area contributed by atoms with Crippen molar-refractivity contribution >= 4 is 41.3 Å². The third-order valence-electron chi connectivity index (χ3n) is 3.83. The molecule has 1 aliphatic rings. The summed E-state index contributed by atoms with van der Waals surface area (Å²) in [6, 6.07) is 4.17. The Balaban J connectivity index is 0.00000192. The summed E-state index contributed by atoms with van der Waals surface area (Å²) in [5, 5.41) is 17.4. The van der Waals surface area contributed by atoms with Crippen molar-refractivity contribution in [1.29, 1.82) is 0 Å². The lowest BCUT2D eigenvalue weighted by atomic mass is 10.2. The molecule has 0 aromatic carbocycles. The zero-order chi connectivity index (χ0) is 15.2. The minimum atomic E-state index is 0. The van der Waals surface area contributed by atoms with E-state index in [0.29, 0.717) is 6.54 Å². The van der Waals surface area contributed by atoms with Gasteiger partial charge in [0.15, 0.2) is 11.8 Å². The predicted octanol–water partition coefficient (Wildman–Crippen LogP) is 2.55. The molecule has 2 aromatic rings. The molecule has 0 unspecified atom stereocenters. The molecule has 0 aliphatic carbocycles. The minimum Gasteiger partial charge on any atom is -0.352 e. The highest BCUT2D eigenvalue weighted by atomic mass is 127. The first-order chi connectivity index (χ1) is 10.9. The molecule has 2 N–H and O–H groups in total. The van der Waals surface area contributed by atoms with E-state index in [1.807, 2.05) is 0 Å². The van der Waals surface area contributed by atoms with E-state index >= 15 is 0 Å². The summed E-state index contributed by atoms with van der Waals surface area (Å²) in [5.41, 5.74) is 0. The second kappa shape index (κ2) is 9.21. The maximum atomic E-state index is 4.33. The topological polar surface area (TPSA) is 67.1 Å². The fraction of sp³-hybridized carbons (Fsp3) is 0.533. The maximum absolute atomic E-state index is 4.33. The molecule has 2 aromatic heterocycles. The van der Waals surface area contributed by atoms with Crippen molar-refractivity contribution in [3.63, 3.8) is 0 Å². The maximum Gasteiger partial charge on any atom is 0.191 e. The first-order valence-corrected chi connectivity index (χ1v) is 8.62. The standard InChI is InChI=1S/C15H22N6S.HI/c1-16-15(17-10-12-6-5-9-22-12)18-11-14-20-19-13-7-3-2-4-8-21(13)14;/h5-6,9H,2-4,7-8,10-11H2,1H3,(H2,16,17,18);1H. The Bertz CT molecular complexity index is 622. The van der Waals surface area contributed by atoms with Crippen LogP contribution in [0.1, 0.15) is 35.8 Å². The number of aryl methyl sites for hydroxylation is 1. The van der Waals surface area contributed by atoms with Gasteiger partial charge in [-0.1, -0.05) is 12.5 Å². The Hall–Kier alpha value is -1.16. The molecule has 126 valence electrons. The first-order valence-electron chi connectivity index (χ1n) is 7.74. The molecule has 3 heterocycles. The molecule has 0 fully saturated rings. The number of hydrogen-bond donors (Lipinski definition) is 2. The van der Waals surface area contributed by atoms with Crippen LogP contribution in [0.15, 0.2) is 22.5 Å².